The van der Waals surface area contributed by atoms with Gasteiger partial charge in [-0.3, -0.25) is 0 Å². The molecule has 0 unspecified atom stereocenters. The van der Waals surface area contributed by atoms with Crippen LogP contribution in [0.3, 0.4) is 0 Å². The average Bonchev–Trinajstić information content (AvgIpc) is 2.92. The van der Waals surface area contributed by atoms with Gasteiger partial charge in [-0.2, -0.15) is 5.21 Å². The van der Waals surface area contributed by atoms with Gasteiger partial charge in [0.2, 0.25) is 10.0 Å². The van der Waals surface area contributed by atoms with Gasteiger partial charge >= 0.3 is 5.97 Å². The monoisotopic (exact) mass is 395 g/mol. The minimum Gasteiger partial charge on any atom is -0.478 e. The van der Waals surface area contributed by atoms with E-state index < -0.39 is 16.0 Å². The van der Waals surface area contributed by atoms with Crippen molar-refractivity contribution in [2.75, 3.05) is 0 Å². The number of rotatable bonds is 5. The first-order valence-electron chi connectivity index (χ1n) is 5.25. The molecule has 0 fully saturated rings. The second kappa shape index (κ2) is 6.05. The van der Waals surface area contributed by atoms with Crippen LogP contribution in [0.25, 0.3) is 0 Å². The van der Waals surface area contributed by atoms with Crippen LogP contribution in [0.4, 0.5) is 0 Å². The van der Waals surface area contributed by atoms with Crippen LogP contribution < -0.4 is 4.72 Å². The summed E-state index contributed by atoms with van der Waals surface area (Å²) in [6.07, 6.45) is 0. The van der Waals surface area contributed by atoms with Crippen molar-refractivity contribution in [2.24, 2.45) is 0 Å². The zero-order valence-corrected chi connectivity index (χ0v) is 13.2. The maximum Gasteiger partial charge on any atom is 0.337 e. The predicted molar refractivity (Wildman–Crippen MR) is 74.3 cm³/mol. The summed E-state index contributed by atoms with van der Waals surface area (Å²) in [6, 6.07) is 2.17. The molecule has 2 aromatic rings. The first-order valence-corrected chi connectivity index (χ1v) is 7.91. The standard InChI is InChI=1S/C9H7BrClN5O4S/c10-6-2-4(1-5(8(6)11)9(17)18)21(19,20)12-3-7-13-15-16-14-7/h1-2,12H,3H2,(H,17,18)(H,13,14,15,16). The van der Waals surface area contributed by atoms with Crippen molar-refractivity contribution in [3.63, 3.8) is 0 Å². The van der Waals surface area contributed by atoms with Gasteiger partial charge in [-0.25, -0.2) is 17.9 Å². The quantitative estimate of drug-likeness (QED) is 0.679. The number of benzene rings is 1. The van der Waals surface area contributed by atoms with Crippen molar-refractivity contribution >= 4 is 43.5 Å². The van der Waals surface area contributed by atoms with E-state index in [1.807, 2.05) is 0 Å². The van der Waals surface area contributed by atoms with Gasteiger partial charge in [0.15, 0.2) is 5.82 Å². The molecule has 12 heteroatoms. The second-order valence-electron chi connectivity index (χ2n) is 3.72. The molecule has 9 nitrogen and oxygen atoms in total. The van der Waals surface area contributed by atoms with Crippen LogP contribution in [0.1, 0.15) is 16.2 Å². The first-order chi connectivity index (χ1) is 9.81. The van der Waals surface area contributed by atoms with Crippen LogP contribution >= 0.6 is 27.5 Å². The molecule has 0 amide bonds. The van der Waals surface area contributed by atoms with Crippen LogP contribution in [0, 0.1) is 0 Å². The van der Waals surface area contributed by atoms with Gasteiger partial charge in [-0.05, 0) is 28.1 Å². The molecular weight excluding hydrogens is 390 g/mol. The molecular formula is C9H7BrClN5O4S. The number of nitrogens with zero attached hydrogens (tertiary/aromatic N) is 3. The number of H-pyrrole nitrogens is 1. The van der Waals surface area contributed by atoms with Crippen molar-refractivity contribution in [1.29, 1.82) is 0 Å². The van der Waals surface area contributed by atoms with Gasteiger partial charge < -0.3 is 5.11 Å². The van der Waals surface area contributed by atoms with Crippen LogP contribution in [-0.2, 0) is 16.6 Å². The summed E-state index contributed by atoms with van der Waals surface area (Å²) in [4.78, 5) is 10.8. The Morgan fingerprint density at radius 1 is 1.48 bits per heavy atom. The smallest absolute Gasteiger partial charge is 0.337 e. The zero-order chi connectivity index (χ0) is 15.6. The molecule has 0 aliphatic rings. The maximum atomic E-state index is 12.1. The van der Waals surface area contributed by atoms with Gasteiger partial charge in [0.25, 0.3) is 0 Å². The van der Waals surface area contributed by atoms with Crippen molar-refractivity contribution in [2.45, 2.75) is 11.4 Å². The Balaban J connectivity index is 2.33. The second-order valence-corrected chi connectivity index (χ2v) is 6.72. The summed E-state index contributed by atoms with van der Waals surface area (Å²) in [5.41, 5.74) is -0.328. The molecule has 112 valence electrons. The van der Waals surface area contributed by atoms with Crippen LogP contribution in [-0.4, -0.2) is 40.1 Å². The number of aromatic carboxylic acids is 1. The lowest BCUT2D eigenvalue weighted by atomic mass is 10.2. The fraction of sp³-hybridized carbons (Fsp3) is 0.111. The highest BCUT2D eigenvalue weighted by atomic mass is 79.9. The van der Waals surface area contributed by atoms with Crippen LogP contribution in [0.2, 0.25) is 5.02 Å². The SMILES string of the molecule is O=C(O)c1cc(S(=O)(=O)NCc2nn[nH]n2)cc(Br)c1Cl. The summed E-state index contributed by atoms with van der Waals surface area (Å²) in [5, 5.41) is 21.6. The van der Waals surface area contributed by atoms with Gasteiger partial charge in [0, 0.05) is 4.47 Å². The third-order valence-corrected chi connectivity index (χ3v) is 4.99. The molecule has 21 heavy (non-hydrogen) atoms. The largest absolute Gasteiger partial charge is 0.478 e. The molecule has 0 radical (unpaired) electrons. The molecule has 0 bridgehead atoms. The lowest BCUT2D eigenvalue weighted by Gasteiger charge is -2.08. The van der Waals surface area contributed by atoms with E-state index in [0.29, 0.717) is 0 Å². The van der Waals surface area contributed by atoms with Crippen molar-refractivity contribution < 1.29 is 18.3 Å². The third kappa shape index (κ3) is 3.56. The summed E-state index contributed by atoms with van der Waals surface area (Å²) >= 11 is 8.81. The Morgan fingerprint density at radius 2 is 2.19 bits per heavy atom. The molecule has 1 aromatic heterocycles. The Bertz CT molecular complexity index is 780. The number of aromatic amines is 1. The lowest BCUT2D eigenvalue weighted by Crippen LogP contribution is -2.24. The summed E-state index contributed by atoms with van der Waals surface area (Å²) in [7, 11) is -3.96. The number of halogens is 2. The Hall–Kier alpha value is -1.56. The fourth-order valence-electron chi connectivity index (χ4n) is 1.38. The fourth-order valence-corrected chi connectivity index (χ4v) is 3.21. The number of tetrazole rings is 1. The van der Waals surface area contributed by atoms with E-state index in [2.05, 4.69) is 41.3 Å². The predicted octanol–water partition coefficient (Wildman–Crippen LogP) is 0.792. The summed E-state index contributed by atoms with van der Waals surface area (Å²) in [5.74, 6) is -1.19. The van der Waals surface area contributed by atoms with E-state index in [1.54, 1.807) is 0 Å². The van der Waals surface area contributed by atoms with E-state index in [-0.39, 0.29) is 32.3 Å². The lowest BCUT2D eigenvalue weighted by molar-refractivity contribution is 0.0696. The number of aromatic nitrogens is 4. The first kappa shape index (κ1) is 15.8. The highest BCUT2D eigenvalue weighted by Gasteiger charge is 2.21. The number of hydrogen-bond donors (Lipinski definition) is 3. The highest BCUT2D eigenvalue weighted by Crippen LogP contribution is 2.29. The average molecular weight is 397 g/mol. The normalized spacial score (nSPS) is 11.5. The minimum absolute atomic E-state index is 0.0837. The molecule has 3 N–H and O–H groups in total. The van der Waals surface area contributed by atoms with Crippen molar-refractivity contribution in [3.8, 4) is 0 Å². The summed E-state index contributed by atoms with van der Waals surface area (Å²) in [6.45, 7) is -0.193. The molecule has 0 saturated heterocycles. The number of hydrogen-bond acceptors (Lipinski definition) is 6. The number of nitrogens with one attached hydrogen (secondary N) is 2. The van der Waals surface area contributed by atoms with Gasteiger partial charge in [-0.15, -0.1) is 10.2 Å². The molecule has 1 heterocycles. The molecule has 0 aliphatic heterocycles. The molecule has 1 aromatic carbocycles. The molecule has 2 rings (SSSR count). The van der Waals surface area contributed by atoms with Gasteiger partial charge in [0.1, 0.15) is 0 Å². The van der Waals surface area contributed by atoms with Crippen LogP contribution in [0.5, 0.6) is 0 Å². The van der Waals surface area contributed by atoms with E-state index in [9.17, 15) is 13.2 Å². The number of sulfonamides is 1. The van der Waals surface area contributed by atoms with Crippen molar-refractivity contribution in [1.82, 2.24) is 25.3 Å². The van der Waals surface area contributed by atoms with E-state index in [4.69, 9.17) is 16.7 Å². The Kier molecular flexibility index (Phi) is 4.56. The number of carboxylic acid groups (broad SMARTS) is 1. The maximum absolute atomic E-state index is 12.1. The summed E-state index contributed by atoms with van der Waals surface area (Å²) < 4.78 is 26.6. The molecule has 0 atom stereocenters. The third-order valence-electron chi connectivity index (χ3n) is 2.35. The van der Waals surface area contributed by atoms with E-state index in [1.165, 1.54) is 6.07 Å². The van der Waals surface area contributed by atoms with Gasteiger partial charge in [-0.1, -0.05) is 16.8 Å². The zero-order valence-electron chi connectivity index (χ0n) is 10.0. The van der Waals surface area contributed by atoms with E-state index in [0.717, 1.165) is 6.07 Å². The van der Waals surface area contributed by atoms with Crippen molar-refractivity contribution in [3.05, 3.63) is 33.0 Å². The van der Waals surface area contributed by atoms with Gasteiger partial charge in [0.05, 0.1) is 22.0 Å². The van der Waals surface area contributed by atoms with E-state index >= 15 is 0 Å². The molecule has 0 aliphatic carbocycles. The topological polar surface area (TPSA) is 138 Å². The number of carboxylic acids is 1. The van der Waals surface area contributed by atoms with Crippen LogP contribution in [0.15, 0.2) is 21.5 Å². The Labute approximate surface area is 131 Å². The molecule has 0 saturated carbocycles. The number of carbonyl (C=O) groups is 1. The Morgan fingerprint density at radius 3 is 2.76 bits per heavy atom. The minimum atomic E-state index is -3.96. The highest BCUT2D eigenvalue weighted by molar-refractivity contribution is 9.10. The molecule has 0 spiro atoms.